The van der Waals surface area contributed by atoms with E-state index in [1.54, 1.807) is 56.5 Å². The summed E-state index contributed by atoms with van der Waals surface area (Å²) in [7, 11) is -2.62. The molecule has 214 valence electrons. The van der Waals surface area contributed by atoms with Gasteiger partial charge in [0.2, 0.25) is 11.8 Å². The molecular formula is C30H36ClN3O5S. The zero-order valence-corrected chi connectivity index (χ0v) is 25.1. The Morgan fingerprint density at radius 1 is 1.02 bits per heavy atom. The van der Waals surface area contributed by atoms with Gasteiger partial charge in [-0.15, -0.1) is 0 Å². The zero-order chi connectivity index (χ0) is 29.4. The van der Waals surface area contributed by atoms with Crippen LogP contribution >= 0.6 is 11.6 Å². The number of rotatable bonds is 12. The van der Waals surface area contributed by atoms with Crippen LogP contribution in [0.3, 0.4) is 0 Å². The van der Waals surface area contributed by atoms with Gasteiger partial charge in [0, 0.05) is 18.1 Å². The molecule has 0 bridgehead atoms. The van der Waals surface area contributed by atoms with Crippen LogP contribution in [0.1, 0.15) is 37.0 Å². The van der Waals surface area contributed by atoms with Gasteiger partial charge in [-0.25, -0.2) is 8.42 Å². The summed E-state index contributed by atoms with van der Waals surface area (Å²) in [6.45, 7) is 7.23. The minimum absolute atomic E-state index is 0.0377. The molecule has 0 aromatic heterocycles. The second kappa shape index (κ2) is 13.7. The average Bonchev–Trinajstić information content (AvgIpc) is 2.94. The summed E-state index contributed by atoms with van der Waals surface area (Å²) in [5, 5.41) is 3.20. The SMILES string of the molecule is CCCNC(=O)[C@@H](C)N(Cc1cccc(OC)c1)C(=O)CN(c1ccc(C)c(Cl)c1)S(=O)(=O)c1ccc(C)cc1. The van der Waals surface area contributed by atoms with E-state index in [4.69, 9.17) is 16.3 Å². The molecule has 0 aliphatic carbocycles. The molecule has 0 aliphatic rings. The number of hydrogen-bond donors (Lipinski definition) is 1. The van der Waals surface area contributed by atoms with Gasteiger partial charge in [0.25, 0.3) is 10.0 Å². The summed E-state index contributed by atoms with van der Waals surface area (Å²) in [6.07, 6.45) is 0.735. The van der Waals surface area contributed by atoms with E-state index in [0.717, 1.165) is 27.4 Å². The first-order valence-corrected chi connectivity index (χ1v) is 14.9. The van der Waals surface area contributed by atoms with Crippen molar-refractivity contribution in [3.63, 3.8) is 0 Å². The third-order valence-corrected chi connectivity index (χ3v) is 8.73. The van der Waals surface area contributed by atoms with E-state index in [9.17, 15) is 18.0 Å². The number of nitrogens with one attached hydrogen (secondary N) is 1. The van der Waals surface area contributed by atoms with Crippen molar-refractivity contribution in [2.45, 2.75) is 51.6 Å². The topological polar surface area (TPSA) is 96.0 Å². The summed E-state index contributed by atoms with van der Waals surface area (Å²) >= 11 is 6.37. The molecule has 1 atom stereocenters. The van der Waals surface area contributed by atoms with Crippen LogP contribution < -0.4 is 14.4 Å². The molecule has 0 radical (unpaired) electrons. The summed E-state index contributed by atoms with van der Waals surface area (Å²) in [5.41, 5.74) is 2.64. The summed E-state index contributed by atoms with van der Waals surface area (Å²) in [4.78, 5) is 28.4. The quantitative estimate of drug-likeness (QED) is 0.319. The summed E-state index contributed by atoms with van der Waals surface area (Å²) < 4.78 is 34.2. The molecule has 0 unspecified atom stereocenters. The van der Waals surface area contributed by atoms with Gasteiger partial charge in [-0.3, -0.25) is 13.9 Å². The van der Waals surface area contributed by atoms with Crippen LogP contribution in [0, 0.1) is 13.8 Å². The third kappa shape index (κ3) is 7.55. The molecule has 2 amide bonds. The first kappa shape index (κ1) is 31.0. The molecule has 0 heterocycles. The van der Waals surface area contributed by atoms with Crippen molar-refractivity contribution in [3.05, 3.63) is 88.4 Å². The molecule has 3 rings (SSSR count). The molecule has 0 fully saturated rings. The number of anilines is 1. The second-order valence-electron chi connectivity index (χ2n) is 9.60. The molecule has 3 aromatic carbocycles. The molecule has 0 saturated heterocycles. The lowest BCUT2D eigenvalue weighted by atomic mass is 10.1. The van der Waals surface area contributed by atoms with Crippen molar-refractivity contribution in [1.82, 2.24) is 10.2 Å². The number of carbonyl (C=O) groups is 2. The van der Waals surface area contributed by atoms with Crippen LogP contribution in [-0.2, 0) is 26.2 Å². The van der Waals surface area contributed by atoms with Crippen LogP contribution in [0.5, 0.6) is 5.75 Å². The van der Waals surface area contributed by atoms with Gasteiger partial charge in [-0.2, -0.15) is 0 Å². The maximum atomic E-state index is 14.0. The monoisotopic (exact) mass is 585 g/mol. The Balaban J connectivity index is 2.05. The highest BCUT2D eigenvalue weighted by molar-refractivity contribution is 7.92. The normalized spacial score (nSPS) is 11.9. The smallest absolute Gasteiger partial charge is 0.264 e. The number of nitrogens with zero attached hydrogens (tertiary/aromatic N) is 2. The Kier molecular flexibility index (Phi) is 10.6. The van der Waals surface area contributed by atoms with Gasteiger partial charge in [-0.1, -0.05) is 54.4 Å². The number of ether oxygens (including phenoxy) is 1. The second-order valence-corrected chi connectivity index (χ2v) is 11.9. The third-order valence-electron chi connectivity index (χ3n) is 6.53. The fourth-order valence-corrected chi connectivity index (χ4v) is 5.63. The lowest BCUT2D eigenvalue weighted by Crippen LogP contribution is -2.51. The predicted molar refractivity (Wildman–Crippen MR) is 158 cm³/mol. The van der Waals surface area contributed by atoms with Gasteiger partial charge < -0.3 is 15.0 Å². The van der Waals surface area contributed by atoms with Gasteiger partial charge in [0.15, 0.2) is 0 Å². The molecule has 3 aromatic rings. The molecule has 40 heavy (non-hydrogen) atoms. The molecular weight excluding hydrogens is 550 g/mol. The number of amides is 2. The minimum atomic E-state index is -4.17. The first-order valence-electron chi connectivity index (χ1n) is 13.0. The highest BCUT2D eigenvalue weighted by atomic mass is 35.5. The Hall–Kier alpha value is -3.56. The molecule has 0 spiro atoms. The largest absolute Gasteiger partial charge is 0.497 e. The maximum absolute atomic E-state index is 14.0. The van der Waals surface area contributed by atoms with E-state index in [2.05, 4.69) is 5.32 Å². The van der Waals surface area contributed by atoms with Gasteiger partial charge in [-0.05, 0) is 74.7 Å². The first-order chi connectivity index (χ1) is 19.0. The number of hydrogen-bond acceptors (Lipinski definition) is 5. The van der Waals surface area contributed by atoms with Gasteiger partial charge in [0.05, 0.1) is 17.7 Å². The van der Waals surface area contributed by atoms with E-state index < -0.39 is 28.5 Å². The fraction of sp³-hybridized carbons (Fsp3) is 0.333. The molecule has 0 saturated carbocycles. The van der Waals surface area contributed by atoms with Crippen LogP contribution in [0.4, 0.5) is 5.69 Å². The van der Waals surface area contributed by atoms with Crippen molar-refractivity contribution in [1.29, 1.82) is 0 Å². The van der Waals surface area contributed by atoms with E-state index in [1.165, 1.54) is 23.1 Å². The van der Waals surface area contributed by atoms with Gasteiger partial charge >= 0.3 is 0 Å². The lowest BCUT2D eigenvalue weighted by molar-refractivity contribution is -0.139. The van der Waals surface area contributed by atoms with Gasteiger partial charge in [0.1, 0.15) is 18.3 Å². The summed E-state index contributed by atoms with van der Waals surface area (Å²) in [5.74, 6) is -0.273. The average molecular weight is 586 g/mol. The number of halogens is 1. The fourth-order valence-electron chi connectivity index (χ4n) is 4.05. The number of sulfonamides is 1. The zero-order valence-electron chi connectivity index (χ0n) is 23.5. The standard InChI is InChI=1S/C30H36ClN3O5S/c1-6-16-32-30(36)23(4)33(19-24-8-7-9-26(17-24)39-5)29(35)20-34(25-13-12-22(3)28(31)18-25)40(37,38)27-14-10-21(2)11-15-27/h7-15,17-18,23H,6,16,19-20H2,1-5H3,(H,32,36)/t23-/m1/s1. The Morgan fingerprint density at radius 2 is 1.73 bits per heavy atom. The van der Waals surface area contributed by atoms with Crippen molar-refractivity contribution in [2.24, 2.45) is 0 Å². The number of carbonyl (C=O) groups excluding carboxylic acids is 2. The molecule has 10 heteroatoms. The highest BCUT2D eigenvalue weighted by Gasteiger charge is 2.32. The minimum Gasteiger partial charge on any atom is -0.497 e. The number of aryl methyl sites for hydroxylation is 2. The van der Waals surface area contributed by atoms with Crippen LogP contribution in [-0.4, -0.2) is 51.4 Å². The van der Waals surface area contributed by atoms with Crippen molar-refractivity contribution < 1.29 is 22.7 Å². The van der Waals surface area contributed by atoms with E-state index >= 15 is 0 Å². The Labute approximate surface area is 241 Å². The number of methoxy groups -OCH3 is 1. The summed E-state index contributed by atoms with van der Waals surface area (Å²) in [6, 6.07) is 17.6. The Bertz CT molecular complexity index is 1440. The van der Waals surface area contributed by atoms with Crippen molar-refractivity contribution >= 4 is 39.1 Å². The predicted octanol–water partition coefficient (Wildman–Crippen LogP) is 5.10. The van der Waals surface area contributed by atoms with Crippen LogP contribution in [0.2, 0.25) is 5.02 Å². The highest BCUT2D eigenvalue weighted by Crippen LogP contribution is 2.29. The van der Waals surface area contributed by atoms with Crippen LogP contribution in [0.25, 0.3) is 0 Å². The maximum Gasteiger partial charge on any atom is 0.264 e. The number of benzene rings is 3. The Morgan fingerprint density at radius 3 is 2.35 bits per heavy atom. The molecule has 8 nitrogen and oxygen atoms in total. The molecule has 0 aliphatic heterocycles. The van der Waals surface area contributed by atoms with E-state index in [1.807, 2.05) is 26.8 Å². The molecule has 1 N–H and O–H groups in total. The van der Waals surface area contributed by atoms with E-state index in [-0.39, 0.29) is 23.0 Å². The van der Waals surface area contributed by atoms with E-state index in [0.29, 0.717) is 17.3 Å². The van der Waals surface area contributed by atoms with Crippen molar-refractivity contribution in [3.8, 4) is 5.75 Å². The lowest BCUT2D eigenvalue weighted by Gasteiger charge is -2.32. The van der Waals surface area contributed by atoms with Crippen molar-refractivity contribution in [2.75, 3.05) is 24.5 Å². The van der Waals surface area contributed by atoms with Crippen LogP contribution in [0.15, 0.2) is 71.6 Å².